The summed E-state index contributed by atoms with van der Waals surface area (Å²) < 4.78 is 0. The average molecular weight is 308 g/mol. The van der Waals surface area contributed by atoms with Crippen molar-refractivity contribution in [2.24, 2.45) is 0 Å². The van der Waals surface area contributed by atoms with Gasteiger partial charge >= 0.3 is 0 Å². The zero-order valence-corrected chi connectivity index (χ0v) is 14.1. The Balaban J connectivity index is 2.68. The molecule has 0 heterocycles. The summed E-state index contributed by atoms with van der Waals surface area (Å²) in [6, 6.07) is 7.61. The van der Waals surface area contributed by atoms with Crippen molar-refractivity contribution in [3.63, 3.8) is 0 Å². The minimum atomic E-state index is 0.0222. The van der Waals surface area contributed by atoms with Crippen LogP contribution < -0.4 is 0 Å². The molecule has 0 saturated carbocycles. The standard InChI is InChI=1S/C16H24N2O2S/c1-5-10-18(12-16(20)17(2)3)11-15(19)13-6-8-14(21-4)9-7-13/h6-9H,5,10-12H2,1-4H3. The molecule has 0 aromatic heterocycles. The second-order valence-electron chi connectivity index (χ2n) is 5.15. The highest BCUT2D eigenvalue weighted by Gasteiger charge is 2.16. The van der Waals surface area contributed by atoms with E-state index in [-0.39, 0.29) is 24.8 Å². The van der Waals surface area contributed by atoms with Crippen LogP contribution in [0.2, 0.25) is 0 Å². The van der Waals surface area contributed by atoms with Crippen LogP contribution >= 0.6 is 11.8 Å². The van der Waals surface area contributed by atoms with Crippen LogP contribution in [0.25, 0.3) is 0 Å². The van der Waals surface area contributed by atoms with Crippen LogP contribution in [0.1, 0.15) is 23.7 Å². The third-order valence-corrected chi connectivity index (χ3v) is 3.92. The first kappa shape index (κ1) is 17.7. The first-order valence-corrected chi connectivity index (χ1v) is 8.30. The number of likely N-dealkylation sites (N-methyl/N-ethyl adjacent to an activating group) is 1. The summed E-state index contributed by atoms with van der Waals surface area (Å²) in [5.41, 5.74) is 0.700. The van der Waals surface area contributed by atoms with E-state index in [1.54, 1.807) is 30.8 Å². The van der Waals surface area contributed by atoms with Crippen molar-refractivity contribution in [3.05, 3.63) is 29.8 Å². The Labute approximate surface area is 131 Å². The number of amides is 1. The molecule has 116 valence electrons. The Bertz CT molecular complexity index is 472. The van der Waals surface area contributed by atoms with Crippen molar-refractivity contribution in [1.82, 2.24) is 9.80 Å². The fraction of sp³-hybridized carbons (Fsp3) is 0.500. The number of hydrogen-bond acceptors (Lipinski definition) is 4. The molecule has 1 aromatic carbocycles. The van der Waals surface area contributed by atoms with E-state index in [1.165, 1.54) is 0 Å². The molecule has 0 atom stereocenters. The molecule has 0 radical (unpaired) electrons. The van der Waals surface area contributed by atoms with Gasteiger partial charge in [0.15, 0.2) is 5.78 Å². The van der Waals surface area contributed by atoms with Gasteiger partial charge in [0, 0.05) is 24.6 Å². The van der Waals surface area contributed by atoms with Gasteiger partial charge in [-0.1, -0.05) is 19.1 Å². The van der Waals surface area contributed by atoms with Crippen LogP contribution in [0.4, 0.5) is 0 Å². The molecule has 1 rings (SSSR count). The highest BCUT2D eigenvalue weighted by molar-refractivity contribution is 7.98. The SMILES string of the molecule is CCCN(CC(=O)c1ccc(SC)cc1)CC(=O)N(C)C. The lowest BCUT2D eigenvalue weighted by molar-refractivity contribution is -0.129. The molecule has 0 aliphatic heterocycles. The van der Waals surface area contributed by atoms with Gasteiger partial charge < -0.3 is 4.90 Å². The molecule has 1 amide bonds. The molecule has 0 aliphatic carbocycles. The summed E-state index contributed by atoms with van der Waals surface area (Å²) in [4.78, 5) is 28.7. The fourth-order valence-electron chi connectivity index (χ4n) is 1.93. The maximum absolute atomic E-state index is 12.3. The maximum Gasteiger partial charge on any atom is 0.236 e. The first-order chi connectivity index (χ1) is 9.97. The topological polar surface area (TPSA) is 40.6 Å². The van der Waals surface area contributed by atoms with Gasteiger partial charge in [0.2, 0.25) is 5.91 Å². The zero-order valence-electron chi connectivity index (χ0n) is 13.3. The Kier molecular flexibility index (Phi) is 7.47. The van der Waals surface area contributed by atoms with Crippen molar-refractivity contribution in [2.75, 3.05) is 40.0 Å². The number of hydrogen-bond donors (Lipinski definition) is 0. The Morgan fingerprint density at radius 2 is 1.71 bits per heavy atom. The van der Waals surface area contributed by atoms with Crippen molar-refractivity contribution in [2.45, 2.75) is 18.2 Å². The lowest BCUT2D eigenvalue weighted by atomic mass is 10.1. The van der Waals surface area contributed by atoms with Crippen LogP contribution in [-0.2, 0) is 4.79 Å². The van der Waals surface area contributed by atoms with Gasteiger partial charge in [-0.25, -0.2) is 0 Å². The quantitative estimate of drug-likeness (QED) is 0.546. The highest BCUT2D eigenvalue weighted by atomic mass is 32.2. The van der Waals surface area contributed by atoms with Crippen molar-refractivity contribution in [1.29, 1.82) is 0 Å². The summed E-state index contributed by atoms with van der Waals surface area (Å²) in [5.74, 6) is 0.0802. The smallest absolute Gasteiger partial charge is 0.236 e. The van der Waals surface area contributed by atoms with Gasteiger partial charge in [0.25, 0.3) is 0 Å². The largest absolute Gasteiger partial charge is 0.348 e. The van der Waals surface area contributed by atoms with Crippen LogP contribution in [0.5, 0.6) is 0 Å². The summed E-state index contributed by atoms with van der Waals surface area (Å²) in [6.45, 7) is 3.36. The third kappa shape index (κ3) is 5.89. The van der Waals surface area contributed by atoms with Gasteiger partial charge in [-0.15, -0.1) is 11.8 Å². The predicted octanol–water partition coefficient (Wildman–Crippen LogP) is 2.39. The molecule has 4 nitrogen and oxygen atoms in total. The summed E-state index contributed by atoms with van der Waals surface area (Å²) >= 11 is 1.65. The second kappa shape index (κ2) is 8.85. The zero-order chi connectivity index (χ0) is 15.8. The molecule has 0 saturated heterocycles. The average Bonchev–Trinajstić information content (AvgIpc) is 2.47. The second-order valence-corrected chi connectivity index (χ2v) is 6.03. The van der Waals surface area contributed by atoms with Gasteiger partial charge in [-0.3, -0.25) is 14.5 Å². The number of benzene rings is 1. The summed E-state index contributed by atoms with van der Waals surface area (Å²) in [7, 11) is 3.46. The minimum Gasteiger partial charge on any atom is -0.348 e. The Hall–Kier alpha value is -1.33. The molecular formula is C16H24N2O2S. The molecule has 1 aromatic rings. The third-order valence-electron chi connectivity index (χ3n) is 3.18. The number of carbonyl (C=O) groups excluding carboxylic acids is 2. The van der Waals surface area contributed by atoms with E-state index >= 15 is 0 Å². The van der Waals surface area contributed by atoms with Crippen molar-refractivity contribution < 1.29 is 9.59 Å². The normalized spacial score (nSPS) is 10.7. The summed E-state index contributed by atoms with van der Waals surface area (Å²) in [6.07, 6.45) is 2.92. The highest BCUT2D eigenvalue weighted by Crippen LogP contribution is 2.15. The van der Waals surface area contributed by atoms with Crippen molar-refractivity contribution >= 4 is 23.5 Å². The summed E-state index contributed by atoms with van der Waals surface area (Å²) in [5, 5.41) is 0. The van der Waals surface area contributed by atoms with E-state index < -0.39 is 0 Å². The predicted molar refractivity (Wildman–Crippen MR) is 88.0 cm³/mol. The fourth-order valence-corrected chi connectivity index (χ4v) is 2.34. The number of Topliss-reactive ketones (excluding diaryl/α,β-unsaturated/α-hetero) is 1. The number of nitrogens with zero attached hydrogens (tertiary/aromatic N) is 2. The van der Waals surface area contributed by atoms with E-state index in [2.05, 4.69) is 0 Å². The van der Waals surface area contributed by atoms with E-state index in [0.29, 0.717) is 5.56 Å². The molecule has 0 fully saturated rings. The van der Waals surface area contributed by atoms with Gasteiger partial charge in [0.05, 0.1) is 13.1 Å². The van der Waals surface area contributed by atoms with Gasteiger partial charge in [0.1, 0.15) is 0 Å². The first-order valence-electron chi connectivity index (χ1n) is 7.07. The van der Waals surface area contributed by atoms with Gasteiger partial charge in [-0.05, 0) is 31.4 Å². The van der Waals surface area contributed by atoms with Gasteiger partial charge in [-0.2, -0.15) is 0 Å². The molecule has 0 bridgehead atoms. The van der Waals surface area contributed by atoms with E-state index in [4.69, 9.17) is 0 Å². The van der Waals surface area contributed by atoms with E-state index in [0.717, 1.165) is 17.9 Å². The van der Waals surface area contributed by atoms with Crippen LogP contribution in [0.3, 0.4) is 0 Å². The monoisotopic (exact) mass is 308 g/mol. The molecule has 0 unspecified atom stereocenters. The van der Waals surface area contributed by atoms with Crippen LogP contribution in [0, 0.1) is 0 Å². The Morgan fingerprint density at radius 1 is 1.10 bits per heavy atom. The van der Waals surface area contributed by atoms with Crippen LogP contribution in [-0.4, -0.2) is 61.5 Å². The molecule has 0 aliphatic rings. The number of ketones is 1. The molecule has 21 heavy (non-hydrogen) atoms. The van der Waals surface area contributed by atoms with E-state index in [1.807, 2.05) is 42.3 Å². The number of rotatable bonds is 8. The molecular weight excluding hydrogens is 284 g/mol. The van der Waals surface area contributed by atoms with Crippen molar-refractivity contribution in [3.8, 4) is 0 Å². The molecule has 0 spiro atoms. The molecule has 0 N–H and O–H groups in total. The minimum absolute atomic E-state index is 0.0222. The number of carbonyl (C=O) groups is 2. The lowest BCUT2D eigenvalue weighted by Crippen LogP contribution is -2.39. The van der Waals surface area contributed by atoms with E-state index in [9.17, 15) is 9.59 Å². The lowest BCUT2D eigenvalue weighted by Gasteiger charge is -2.22. The maximum atomic E-state index is 12.3. The molecule has 5 heteroatoms. The van der Waals surface area contributed by atoms with Crippen LogP contribution in [0.15, 0.2) is 29.2 Å². The number of thioether (sulfide) groups is 1. The Morgan fingerprint density at radius 3 is 2.19 bits per heavy atom.